The minimum atomic E-state index is -5.03. The lowest BCUT2D eigenvalue weighted by Gasteiger charge is -2.21. The van der Waals surface area contributed by atoms with Crippen LogP contribution in [0, 0.1) is 0 Å². The minimum absolute atomic E-state index is 0.0907. The first-order chi connectivity index (χ1) is 51.7. The summed E-state index contributed by atoms with van der Waals surface area (Å²) in [4.78, 5) is 72.9. The molecule has 0 aromatic rings. The molecule has 0 saturated heterocycles. The number of ether oxygens (including phenoxy) is 4. The van der Waals surface area contributed by atoms with E-state index in [1.165, 1.54) is 0 Å². The number of hydrogen-bond acceptors (Lipinski definition) is 15. The van der Waals surface area contributed by atoms with Crippen LogP contribution in [-0.2, 0) is 65.4 Å². The fraction of sp³-hybridized carbons (Fsp3) is 0.540. The molecule has 0 radical (unpaired) electrons. The number of phosphoric acid groups is 2. The maximum absolute atomic E-state index is 13.1. The van der Waals surface area contributed by atoms with Crippen LogP contribution in [-0.4, -0.2) is 96.7 Å². The van der Waals surface area contributed by atoms with E-state index >= 15 is 0 Å². The summed E-state index contributed by atoms with van der Waals surface area (Å²) in [7, 11) is -10.1. The Balaban J connectivity index is 5.56. The van der Waals surface area contributed by atoms with E-state index in [0.29, 0.717) is 25.7 Å². The molecule has 0 spiro atoms. The van der Waals surface area contributed by atoms with Crippen molar-refractivity contribution in [2.75, 3.05) is 39.6 Å². The predicted octanol–water partition coefficient (Wildman–Crippen LogP) is 22.9. The molecule has 0 rings (SSSR count). The fourth-order valence-electron chi connectivity index (χ4n) is 9.23. The van der Waals surface area contributed by atoms with Gasteiger partial charge in [0, 0.05) is 12.8 Å². The van der Waals surface area contributed by atoms with E-state index in [4.69, 9.17) is 37.0 Å². The molecule has 5 atom stereocenters. The number of esters is 4. The molecule has 0 aliphatic rings. The highest BCUT2D eigenvalue weighted by atomic mass is 31.2. The van der Waals surface area contributed by atoms with Crippen molar-refractivity contribution >= 4 is 39.5 Å². The van der Waals surface area contributed by atoms with E-state index in [1.54, 1.807) is 24.3 Å². The van der Waals surface area contributed by atoms with Gasteiger partial charge in [-0.25, -0.2) is 9.13 Å². The maximum Gasteiger partial charge on any atom is 0.472 e. The van der Waals surface area contributed by atoms with Gasteiger partial charge in [0.25, 0.3) is 0 Å². The Morgan fingerprint density at radius 3 is 0.764 bits per heavy atom. The van der Waals surface area contributed by atoms with Gasteiger partial charge >= 0.3 is 39.5 Å². The fourth-order valence-corrected chi connectivity index (χ4v) is 10.8. The standard InChI is InChI=1S/C87H134O17P2/c1-5-9-13-17-21-25-29-33-37-39-40-42-46-48-52-56-60-64-68-72-85(90)98-78-83(104-87(92)74-70-66-62-58-54-50-44-36-32-28-24-20-16-12-8-4)80-102-106(95,96)100-76-81(88)75-99-105(93,94)101-79-82(103-86(91)73-69-65-61-57-53-49-43-35-31-27-23-19-15-11-7-3)77-97-84(89)71-67-63-59-55-51-47-45-41-38-34-30-26-22-18-14-10-6-2/h9-16,21-28,33-38,40,42-44,48,52-54,57-58,65-66,69-70,81-83,88H,5-8,17-20,29-32,39,41,45-47,49-51,55-56,59-64,67-68,71-80H2,1-4H3,(H,93,94)(H,95,96)/b13-9-,14-10-,15-11-,16-12-,25-21-,26-22-,27-23-,28-24-,37-33-,38-34-,42-40-,43-35-,44-36-,52-48-,57-53-,58-54-,69-65-,70-66-. The van der Waals surface area contributed by atoms with Gasteiger partial charge in [0.05, 0.1) is 39.3 Å². The third-order valence-corrected chi connectivity index (χ3v) is 16.9. The molecule has 0 fully saturated rings. The Hall–Kier alpha value is -6.62. The Bertz CT molecular complexity index is 2880. The first kappa shape index (κ1) is 99.4. The Morgan fingerprint density at radius 1 is 0.274 bits per heavy atom. The van der Waals surface area contributed by atoms with E-state index in [2.05, 4.69) is 198 Å². The van der Waals surface area contributed by atoms with Crippen molar-refractivity contribution in [3.63, 3.8) is 0 Å². The van der Waals surface area contributed by atoms with Crippen molar-refractivity contribution in [1.29, 1.82) is 0 Å². The van der Waals surface area contributed by atoms with Crippen molar-refractivity contribution in [1.82, 2.24) is 0 Å². The van der Waals surface area contributed by atoms with Crippen molar-refractivity contribution in [3.8, 4) is 0 Å². The quantitative estimate of drug-likeness (QED) is 0.0169. The molecule has 5 unspecified atom stereocenters. The summed E-state index contributed by atoms with van der Waals surface area (Å²) < 4.78 is 68.2. The Morgan fingerprint density at radius 2 is 0.491 bits per heavy atom. The van der Waals surface area contributed by atoms with Gasteiger partial charge in [-0.3, -0.25) is 37.3 Å². The van der Waals surface area contributed by atoms with Crippen molar-refractivity contribution in [2.24, 2.45) is 0 Å². The van der Waals surface area contributed by atoms with Crippen LogP contribution in [0.5, 0.6) is 0 Å². The van der Waals surface area contributed by atoms with E-state index in [-0.39, 0.29) is 25.7 Å². The summed E-state index contributed by atoms with van der Waals surface area (Å²) in [6.45, 7) is 4.09. The molecule has 0 saturated carbocycles. The van der Waals surface area contributed by atoms with Crippen LogP contribution in [0.4, 0.5) is 0 Å². The number of phosphoric ester groups is 2. The topological polar surface area (TPSA) is 237 Å². The number of carbonyl (C=O) groups is 4. The molecule has 19 heteroatoms. The molecule has 594 valence electrons. The minimum Gasteiger partial charge on any atom is -0.462 e. The summed E-state index contributed by atoms with van der Waals surface area (Å²) >= 11 is 0. The first-order valence-corrected chi connectivity index (χ1v) is 42.0. The van der Waals surface area contributed by atoms with E-state index < -0.39 is 97.5 Å². The van der Waals surface area contributed by atoms with Crippen molar-refractivity contribution in [2.45, 2.75) is 264 Å². The SMILES string of the molecule is CC/C=C\C/C=C\C/C=C\C/C=C\C/C=C\CCCCCC(=O)OCC(COP(=O)(O)OCC(O)COP(=O)(O)OCC(COC(=O)CCCCCCCCC/C=C\C/C=C\C/C=C\CC)OC(=O)C/C=C\C/C=C\C/C=C\C/C=C\C/C=C\CC)OC(=O)C/C=C\C/C=C\C/C=C\C/C=C\C/C=C\CC. The zero-order chi connectivity index (χ0) is 77.4. The second kappa shape index (κ2) is 76.6. The van der Waals surface area contributed by atoms with Crippen LogP contribution in [0.3, 0.4) is 0 Å². The van der Waals surface area contributed by atoms with E-state index in [0.717, 1.165) is 167 Å². The predicted molar refractivity (Wildman–Crippen MR) is 435 cm³/mol. The summed E-state index contributed by atoms with van der Waals surface area (Å²) in [6, 6.07) is 0. The van der Waals surface area contributed by atoms with E-state index in [9.17, 15) is 43.2 Å². The van der Waals surface area contributed by atoms with Crippen LogP contribution >= 0.6 is 15.6 Å². The number of aliphatic hydroxyl groups is 1. The zero-order valence-corrected chi connectivity index (χ0v) is 66.5. The highest BCUT2D eigenvalue weighted by Crippen LogP contribution is 2.45. The normalized spacial score (nSPS) is 15.0. The zero-order valence-electron chi connectivity index (χ0n) is 64.8. The largest absolute Gasteiger partial charge is 0.472 e. The second-order valence-corrected chi connectivity index (χ2v) is 27.7. The molecular weight excluding hydrogens is 1380 g/mol. The van der Waals surface area contributed by atoms with Gasteiger partial charge in [-0.2, -0.15) is 0 Å². The average molecular weight is 1510 g/mol. The molecule has 17 nitrogen and oxygen atoms in total. The lowest BCUT2D eigenvalue weighted by atomic mass is 10.1. The summed E-state index contributed by atoms with van der Waals surface area (Å²) in [6.07, 6.45) is 97.1. The molecule has 0 aromatic carbocycles. The maximum atomic E-state index is 13.1. The molecule has 0 amide bonds. The van der Waals surface area contributed by atoms with Gasteiger partial charge in [-0.1, -0.05) is 285 Å². The summed E-state index contributed by atoms with van der Waals surface area (Å²) in [5.41, 5.74) is 0. The van der Waals surface area contributed by atoms with E-state index in [1.807, 2.05) is 24.3 Å². The molecular formula is C87H134O17P2. The highest BCUT2D eigenvalue weighted by Gasteiger charge is 2.30. The average Bonchev–Trinajstić information content (AvgIpc) is 0.909. The van der Waals surface area contributed by atoms with Crippen LogP contribution in [0.1, 0.15) is 246 Å². The smallest absolute Gasteiger partial charge is 0.462 e. The lowest BCUT2D eigenvalue weighted by molar-refractivity contribution is -0.160. The monoisotopic (exact) mass is 1510 g/mol. The van der Waals surface area contributed by atoms with Gasteiger partial charge in [0.15, 0.2) is 12.2 Å². The molecule has 0 heterocycles. The third-order valence-electron chi connectivity index (χ3n) is 15.0. The molecule has 106 heavy (non-hydrogen) atoms. The highest BCUT2D eigenvalue weighted by molar-refractivity contribution is 7.47. The molecule has 0 aromatic heterocycles. The number of hydrogen-bond donors (Lipinski definition) is 3. The van der Waals surface area contributed by atoms with Gasteiger partial charge in [-0.15, -0.1) is 0 Å². The number of aliphatic hydroxyl groups excluding tert-OH is 1. The number of unbranched alkanes of at least 4 members (excludes halogenated alkanes) is 10. The number of carbonyl (C=O) groups excluding carboxylic acids is 4. The van der Waals surface area contributed by atoms with Crippen LogP contribution in [0.2, 0.25) is 0 Å². The number of rotatable bonds is 70. The third kappa shape index (κ3) is 75.6. The second-order valence-electron chi connectivity index (χ2n) is 24.8. The van der Waals surface area contributed by atoms with Crippen LogP contribution in [0.25, 0.3) is 0 Å². The van der Waals surface area contributed by atoms with Gasteiger partial charge in [0.2, 0.25) is 0 Å². The van der Waals surface area contributed by atoms with Gasteiger partial charge < -0.3 is 33.8 Å². The summed E-state index contributed by atoms with van der Waals surface area (Å²) in [5.74, 6) is -2.55. The first-order valence-electron chi connectivity index (χ1n) is 39.0. The van der Waals surface area contributed by atoms with Crippen molar-refractivity contribution in [3.05, 3.63) is 219 Å². The Kier molecular flexibility index (Phi) is 71.8. The molecule has 0 bridgehead atoms. The van der Waals surface area contributed by atoms with Crippen LogP contribution in [0.15, 0.2) is 219 Å². The molecule has 0 aliphatic heterocycles. The molecule has 3 N–H and O–H groups in total. The van der Waals surface area contributed by atoms with Crippen LogP contribution < -0.4 is 0 Å². The van der Waals surface area contributed by atoms with Gasteiger partial charge in [0.1, 0.15) is 19.3 Å². The number of allylic oxidation sites excluding steroid dienone is 34. The lowest BCUT2D eigenvalue weighted by Crippen LogP contribution is -2.30. The summed E-state index contributed by atoms with van der Waals surface area (Å²) in [5, 5.41) is 10.6. The van der Waals surface area contributed by atoms with Crippen molar-refractivity contribution < 1.29 is 80.2 Å². The Labute approximate surface area is 639 Å². The molecule has 0 aliphatic carbocycles. The van der Waals surface area contributed by atoms with Gasteiger partial charge in [-0.05, 0) is 154 Å².